The molecule has 3 aromatic rings. The standard InChI is InChI=1S/C25H31N3O/c1-2-27-14-16-28(17-15-27)25(29)18-21(13-12-20-8-4-3-5-9-20)23-19-26-24-11-7-6-10-22(23)24/h3-11,19,21,26H,2,12-18H2,1H3. The van der Waals surface area contributed by atoms with Gasteiger partial charge in [-0.1, -0.05) is 55.5 Å². The summed E-state index contributed by atoms with van der Waals surface area (Å²) in [6.45, 7) is 6.94. The van der Waals surface area contributed by atoms with Crippen molar-refractivity contribution in [2.75, 3.05) is 32.7 Å². The van der Waals surface area contributed by atoms with Crippen molar-refractivity contribution in [3.63, 3.8) is 0 Å². The van der Waals surface area contributed by atoms with Crippen molar-refractivity contribution in [1.29, 1.82) is 0 Å². The SMILES string of the molecule is CCN1CCN(C(=O)CC(CCc2ccccc2)c2c[nH]c3ccccc23)CC1. The second-order valence-corrected chi connectivity index (χ2v) is 8.03. The van der Waals surface area contributed by atoms with Crippen LogP contribution in [0, 0.1) is 0 Å². The summed E-state index contributed by atoms with van der Waals surface area (Å²) >= 11 is 0. The van der Waals surface area contributed by atoms with Crippen molar-refractivity contribution < 1.29 is 4.79 Å². The zero-order chi connectivity index (χ0) is 20.1. The molecular weight excluding hydrogens is 358 g/mol. The molecule has 1 fully saturated rings. The molecule has 0 aliphatic carbocycles. The van der Waals surface area contributed by atoms with E-state index in [1.165, 1.54) is 16.5 Å². The second kappa shape index (κ2) is 9.27. The van der Waals surface area contributed by atoms with Crippen LogP contribution in [0.1, 0.15) is 36.8 Å². The van der Waals surface area contributed by atoms with E-state index in [4.69, 9.17) is 0 Å². The summed E-state index contributed by atoms with van der Waals surface area (Å²) in [6, 6.07) is 19.0. The first-order valence-electron chi connectivity index (χ1n) is 10.8. The molecule has 4 nitrogen and oxygen atoms in total. The summed E-state index contributed by atoms with van der Waals surface area (Å²) in [5.74, 6) is 0.521. The Morgan fingerprint density at radius 2 is 1.72 bits per heavy atom. The largest absolute Gasteiger partial charge is 0.361 e. The Kier molecular flexibility index (Phi) is 6.30. The molecule has 1 atom stereocenters. The number of likely N-dealkylation sites (N-methyl/N-ethyl adjacent to an activating group) is 1. The molecule has 1 saturated heterocycles. The molecule has 0 saturated carbocycles. The summed E-state index contributed by atoms with van der Waals surface area (Å²) in [6.07, 6.45) is 4.66. The molecular formula is C25H31N3O. The van der Waals surface area contributed by atoms with Crippen LogP contribution in [0.15, 0.2) is 60.8 Å². The number of carbonyl (C=O) groups excluding carboxylic acids is 1. The fraction of sp³-hybridized carbons (Fsp3) is 0.400. The number of rotatable bonds is 7. The van der Waals surface area contributed by atoms with Crippen LogP contribution in [-0.4, -0.2) is 53.4 Å². The highest BCUT2D eigenvalue weighted by atomic mass is 16.2. The minimum absolute atomic E-state index is 0.225. The fourth-order valence-electron chi connectivity index (χ4n) is 4.44. The van der Waals surface area contributed by atoms with Gasteiger partial charge in [0.05, 0.1) is 0 Å². The van der Waals surface area contributed by atoms with Crippen molar-refractivity contribution in [1.82, 2.24) is 14.8 Å². The molecule has 2 heterocycles. The summed E-state index contributed by atoms with van der Waals surface area (Å²) in [4.78, 5) is 21.0. The predicted octanol–water partition coefficient (Wildman–Crippen LogP) is 4.44. The maximum atomic E-state index is 13.1. The van der Waals surface area contributed by atoms with E-state index < -0.39 is 0 Å². The number of benzene rings is 2. The molecule has 1 N–H and O–H groups in total. The Labute approximate surface area is 173 Å². The zero-order valence-corrected chi connectivity index (χ0v) is 17.3. The molecule has 1 unspecified atom stereocenters. The first-order valence-corrected chi connectivity index (χ1v) is 10.8. The van der Waals surface area contributed by atoms with Crippen LogP contribution in [-0.2, 0) is 11.2 Å². The number of aryl methyl sites for hydroxylation is 1. The number of fused-ring (bicyclic) bond motifs is 1. The topological polar surface area (TPSA) is 39.3 Å². The lowest BCUT2D eigenvalue weighted by atomic mass is 9.89. The van der Waals surface area contributed by atoms with E-state index in [9.17, 15) is 4.79 Å². The minimum atomic E-state index is 0.225. The first kappa shape index (κ1) is 19.7. The first-order chi connectivity index (χ1) is 14.2. The van der Waals surface area contributed by atoms with Gasteiger partial charge in [-0.05, 0) is 42.5 Å². The molecule has 29 heavy (non-hydrogen) atoms. The Balaban J connectivity index is 1.51. The quantitative estimate of drug-likeness (QED) is 0.649. The third-order valence-electron chi connectivity index (χ3n) is 6.28. The average molecular weight is 390 g/mol. The van der Waals surface area contributed by atoms with Crippen molar-refractivity contribution in [3.8, 4) is 0 Å². The summed E-state index contributed by atoms with van der Waals surface area (Å²) < 4.78 is 0. The molecule has 4 rings (SSSR count). The number of hydrogen-bond acceptors (Lipinski definition) is 2. The van der Waals surface area contributed by atoms with Gasteiger partial charge in [0.1, 0.15) is 0 Å². The Hall–Kier alpha value is -2.59. The summed E-state index contributed by atoms with van der Waals surface area (Å²) in [7, 11) is 0. The number of nitrogens with one attached hydrogen (secondary N) is 1. The second-order valence-electron chi connectivity index (χ2n) is 8.03. The third kappa shape index (κ3) is 4.70. The number of nitrogens with zero attached hydrogens (tertiary/aromatic N) is 2. The Morgan fingerprint density at radius 1 is 1.00 bits per heavy atom. The molecule has 1 amide bonds. The van der Waals surface area contributed by atoms with Crippen LogP contribution in [0.5, 0.6) is 0 Å². The third-order valence-corrected chi connectivity index (χ3v) is 6.28. The smallest absolute Gasteiger partial charge is 0.223 e. The molecule has 0 spiro atoms. The number of amides is 1. The molecule has 2 aromatic carbocycles. The Morgan fingerprint density at radius 3 is 2.48 bits per heavy atom. The maximum absolute atomic E-state index is 13.1. The van der Waals surface area contributed by atoms with Crippen LogP contribution < -0.4 is 0 Å². The number of carbonyl (C=O) groups is 1. The van der Waals surface area contributed by atoms with Crippen molar-refractivity contribution in [3.05, 3.63) is 71.9 Å². The van der Waals surface area contributed by atoms with Crippen LogP contribution in [0.3, 0.4) is 0 Å². The lowest BCUT2D eigenvalue weighted by Crippen LogP contribution is -2.48. The zero-order valence-electron chi connectivity index (χ0n) is 17.3. The normalized spacial score (nSPS) is 16.2. The molecule has 152 valence electrons. The van der Waals surface area contributed by atoms with Gasteiger partial charge in [-0.25, -0.2) is 0 Å². The van der Waals surface area contributed by atoms with Gasteiger partial charge in [-0.3, -0.25) is 4.79 Å². The number of aromatic amines is 1. The highest BCUT2D eigenvalue weighted by Gasteiger charge is 2.25. The van der Waals surface area contributed by atoms with Crippen molar-refractivity contribution >= 4 is 16.8 Å². The highest BCUT2D eigenvalue weighted by Crippen LogP contribution is 2.32. The highest BCUT2D eigenvalue weighted by molar-refractivity contribution is 5.85. The van der Waals surface area contributed by atoms with E-state index in [2.05, 4.69) is 82.5 Å². The summed E-state index contributed by atoms with van der Waals surface area (Å²) in [5.41, 5.74) is 3.76. The molecule has 1 aromatic heterocycles. The molecule has 1 aliphatic rings. The molecule has 0 bridgehead atoms. The van der Waals surface area contributed by atoms with E-state index in [-0.39, 0.29) is 5.92 Å². The van der Waals surface area contributed by atoms with Crippen molar-refractivity contribution in [2.45, 2.75) is 32.1 Å². The van der Waals surface area contributed by atoms with E-state index >= 15 is 0 Å². The van der Waals surface area contributed by atoms with Gasteiger partial charge in [0.25, 0.3) is 0 Å². The van der Waals surface area contributed by atoms with E-state index in [0.717, 1.165) is 51.1 Å². The van der Waals surface area contributed by atoms with Gasteiger partial charge in [-0.2, -0.15) is 0 Å². The number of para-hydroxylation sites is 1. The van der Waals surface area contributed by atoms with Gasteiger partial charge >= 0.3 is 0 Å². The number of piperazine rings is 1. The molecule has 0 radical (unpaired) electrons. The van der Waals surface area contributed by atoms with E-state index in [0.29, 0.717) is 12.3 Å². The maximum Gasteiger partial charge on any atom is 0.223 e. The predicted molar refractivity (Wildman–Crippen MR) is 119 cm³/mol. The lowest BCUT2D eigenvalue weighted by molar-refractivity contribution is -0.133. The Bertz CT molecular complexity index is 925. The fourth-order valence-corrected chi connectivity index (χ4v) is 4.44. The molecule has 4 heteroatoms. The van der Waals surface area contributed by atoms with Gasteiger partial charge in [-0.15, -0.1) is 0 Å². The minimum Gasteiger partial charge on any atom is -0.361 e. The number of H-pyrrole nitrogens is 1. The monoisotopic (exact) mass is 389 g/mol. The van der Waals surface area contributed by atoms with Gasteiger partial charge < -0.3 is 14.8 Å². The van der Waals surface area contributed by atoms with Crippen LogP contribution in [0.2, 0.25) is 0 Å². The number of hydrogen-bond donors (Lipinski definition) is 1. The van der Waals surface area contributed by atoms with Crippen LogP contribution in [0.25, 0.3) is 10.9 Å². The average Bonchev–Trinajstić information content (AvgIpc) is 3.21. The lowest BCUT2D eigenvalue weighted by Gasteiger charge is -2.34. The number of aromatic nitrogens is 1. The van der Waals surface area contributed by atoms with Crippen molar-refractivity contribution in [2.24, 2.45) is 0 Å². The molecule has 1 aliphatic heterocycles. The van der Waals surface area contributed by atoms with Gasteiger partial charge in [0.15, 0.2) is 0 Å². The van der Waals surface area contributed by atoms with Gasteiger partial charge in [0, 0.05) is 49.7 Å². The van der Waals surface area contributed by atoms with E-state index in [1.807, 2.05) is 0 Å². The summed E-state index contributed by atoms with van der Waals surface area (Å²) in [5, 5.41) is 1.24. The van der Waals surface area contributed by atoms with E-state index in [1.54, 1.807) is 0 Å². The van der Waals surface area contributed by atoms with Crippen LogP contribution in [0.4, 0.5) is 0 Å². The van der Waals surface area contributed by atoms with Crippen LogP contribution >= 0.6 is 0 Å². The van der Waals surface area contributed by atoms with Gasteiger partial charge in [0.2, 0.25) is 5.91 Å².